The van der Waals surface area contributed by atoms with Crippen LogP contribution < -0.4 is 4.74 Å². The predicted octanol–water partition coefficient (Wildman–Crippen LogP) is 3.80. The number of benzene rings is 2. The van der Waals surface area contributed by atoms with Crippen molar-refractivity contribution in [3.8, 4) is 5.75 Å². The van der Waals surface area contributed by atoms with Crippen molar-refractivity contribution in [2.75, 3.05) is 13.1 Å². The number of carbonyl (C=O) groups is 1. The topological polar surface area (TPSA) is 72.7 Å². The van der Waals surface area contributed by atoms with E-state index < -0.39 is 0 Å². The van der Waals surface area contributed by atoms with E-state index in [1.165, 1.54) is 11.1 Å². The van der Waals surface area contributed by atoms with Crippen molar-refractivity contribution in [1.82, 2.24) is 4.90 Å². The lowest BCUT2D eigenvalue weighted by Crippen LogP contribution is -2.49. The smallest absolute Gasteiger partial charge is 0.223 e. The third-order valence-electron chi connectivity index (χ3n) is 7.43. The van der Waals surface area contributed by atoms with Gasteiger partial charge >= 0.3 is 0 Å². The van der Waals surface area contributed by atoms with Gasteiger partial charge in [0.2, 0.25) is 12.5 Å². The van der Waals surface area contributed by atoms with Crippen molar-refractivity contribution in [3.05, 3.63) is 75.3 Å². The average Bonchev–Trinajstić information content (AvgIpc) is 3.16. The van der Waals surface area contributed by atoms with Crippen LogP contribution in [0.3, 0.4) is 0 Å². The van der Waals surface area contributed by atoms with Crippen molar-refractivity contribution in [1.29, 1.82) is 0 Å². The summed E-state index contributed by atoms with van der Waals surface area (Å²) in [5, 5.41) is 11.3. The summed E-state index contributed by atoms with van der Waals surface area (Å²) in [4.78, 5) is 25.9. The van der Waals surface area contributed by atoms with Gasteiger partial charge in [0.1, 0.15) is 12.4 Å². The fraction of sp³-hybridized carbons (Fsp3) is 0.458. The highest BCUT2D eigenvalue weighted by atomic mass is 16.6. The van der Waals surface area contributed by atoms with Crippen LogP contribution in [0, 0.1) is 27.9 Å². The van der Waals surface area contributed by atoms with Gasteiger partial charge < -0.3 is 9.64 Å². The second-order valence-corrected chi connectivity index (χ2v) is 8.98. The van der Waals surface area contributed by atoms with E-state index in [4.69, 9.17) is 4.74 Å². The second kappa shape index (κ2) is 7.11. The number of fused-ring (bicyclic) bond motifs is 1. The minimum atomic E-state index is -0.386. The zero-order chi connectivity index (χ0) is 20.9. The van der Waals surface area contributed by atoms with E-state index in [9.17, 15) is 14.9 Å². The molecule has 0 bridgehead atoms. The summed E-state index contributed by atoms with van der Waals surface area (Å²) < 4.78 is 6.02. The standard InChI is InChI=1S/C24H26N2O4/c1-16-13-24-21-8-7-19(30-15-17-5-3-2-4-6-17)11-18(21)9-10-25(24)23(27)12-22(24)20(16)14-26(28)29/h2-8,11,16,20,22H,9-10,12-15H2,1H3/t16-,20+,22?,24?/m0/s1. The highest BCUT2D eigenvalue weighted by molar-refractivity contribution is 5.82. The van der Waals surface area contributed by atoms with Gasteiger partial charge in [-0.15, -0.1) is 0 Å². The molecule has 2 aromatic carbocycles. The van der Waals surface area contributed by atoms with Crippen LogP contribution in [0.4, 0.5) is 0 Å². The van der Waals surface area contributed by atoms with Crippen LogP contribution in [0.5, 0.6) is 5.75 Å². The molecule has 6 nitrogen and oxygen atoms in total. The molecule has 30 heavy (non-hydrogen) atoms. The molecule has 1 saturated heterocycles. The molecule has 1 spiro atoms. The lowest BCUT2D eigenvalue weighted by Gasteiger charge is -2.44. The molecule has 2 fully saturated rings. The lowest BCUT2D eigenvalue weighted by atomic mass is 9.74. The Morgan fingerprint density at radius 2 is 2.03 bits per heavy atom. The SMILES string of the molecule is C[C@H]1CC23c4ccc(OCc5ccccc5)cc4CCN2C(=O)CC3[C@@H]1C[N+](=O)[O-]. The third-order valence-corrected chi connectivity index (χ3v) is 7.43. The van der Waals surface area contributed by atoms with Gasteiger partial charge in [-0.3, -0.25) is 14.9 Å². The van der Waals surface area contributed by atoms with E-state index in [0.717, 1.165) is 24.2 Å². The first-order chi connectivity index (χ1) is 14.5. The molecule has 4 atom stereocenters. The molecule has 3 aliphatic rings. The van der Waals surface area contributed by atoms with E-state index in [1.54, 1.807) is 0 Å². The molecule has 2 unspecified atom stereocenters. The summed E-state index contributed by atoms with van der Waals surface area (Å²) in [5.74, 6) is 1.15. The van der Waals surface area contributed by atoms with Gasteiger partial charge in [-0.05, 0) is 47.6 Å². The summed E-state index contributed by atoms with van der Waals surface area (Å²) in [6.07, 6.45) is 2.03. The number of amides is 1. The maximum Gasteiger partial charge on any atom is 0.223 e. The molecule has 6 heteroatoms. The number of nitrogens with zero attached hydrogens (tertiary/aromatic N) is 2. The van der Waals surface area contributed by atoms with Crippen LogP contribution >= 0.6 is 0 Å². The fourth-order valence-corrected chi connectivity index (χ4v) is 6.22. The fourth-order valence-electron chi connectivity index (χ4n) is 6.22. The summed E-state index contributed by atoms with van der Waals surface area (Å²) in [6.45, 7) is 3.25. The van der Waals surface area contributed by atoms with Crippen LogP contribution in [0.25, 0.3) is 0 Å². The largest absolute Gasteiger partial charge is 0.489 e. The molecule has 0 N–H and O–H groups in total. The summed E-state index contributed by atoms with van der Waals surface area (Å²) in [5.41, 5.74) is 3.12. The number of hydrogen-bond donors (Lipinski definition) is 0. The molecule has 5 rings (SSSR count). The maximum absolute atomic E-state index is 12.8. The minimum Gasteiger partial charge on any atom is -0.489 e. The van der Waals surface area contributed by atoms with Crippen molar-refractivity contribution in [3.63, 3.8) is 0 Å². The Hall–Kier alpha value is -2.89. The Morgan fingerprint density at radius 1 is 1.23 bits per heavy atom. The van der Waals surface area contributed by atoms with E-state index in [-0.39, 0.29) is 40.7 Å². The quantitative estimate of drug-likeness (QED) is 0.559. The number of nitro groups is 1. The normalized spacial score (nSPS) is 29.3. The molecule has 0 aromatic heterocycles. The molecule has 1 amide bonds. The lowest BCUT2D eigenvalue weighted by molar-refractivity contribution is -0.491. The van der Waals surface area contributed by atoms with E-state index in [1.807, 2.05) is 41.3 Å². The molecule has 1 aliphatic carbocycles. The van der Waals surface area contributed by atoms with E-state index in [0.29, 0.717) is 19.6 Å². The third kappa shape index (κ3) is 2.89. The highest BCUT2D eigenvalue weighted by Gasteiger charge is 2.64. The molecular weight excluding hydrogens is 380 g/mol. The molecule has 1 saturated carbocycles. The van der Waals surface area contributed by atoms with Crippen molar-refractivity contribution in [2.24, 2.45) is 17.8 Å². The van der Waals surface area contributed by atoms with E-state index in [2.05, 4.69) is 19.1 Å². The number of ether oxygens (including phenoxy) is 1. The Balaban J connectivity index is 1.47. The monoisotopic (exact) mass is 406 g/mol. The minimum absolute atomic E-state index is 0.0144. The zero-order valence-electron chi connectivity index (χ0n) is 17.1. The first kappa shape index (κ1) is 19.1. The molecule has 2 aliphatic heterocycles. The van der Waals surface area contributed by atoms with Crippen LogP contribution in [-0.2, 0) is 23.4 Å². The van der Waals surface area contributed by atoms with Gasteiger partial charge in [-0.25, -0.2) is 0 Å². The summed E-state index contributed by atoms with van der Waals surface area (Å²) in [6, 6.07) is 16.3. The number of carbonyl (C=O) groups excluding carboxylic acids is 1. The van der Waals surface area contributed by atoms with E-state index >= 15 is 0 Å². The van der Waals surface area contributed by atoms with Crippen LogP contribution in [0.15, 0.2) is 48.5 Å². The Kier molecular flexibility index (Phi) is 4.53. The van der Waals surface area contributed by atoms with Gasteiger partial charge in [0, 0.05) is 29.7 Å². The molecular formula is C24H26N2O4. The molecule has 2 heterocycles. The van der Waals surface area contributed by atoms with Gasteiger partial charge in [0.15, 0.2) is 0 Å². The number of rotatable bonds is 5. The van der Waals surface area contributed by atoms with Gasteiger partial charge in [-0.2, -0.15) is 0 Å². The molecule has 2 aromatic rings. The number of hydrogen-bond acceptors (Lipinski definition) is 4. The summed E-state index contributed by atoms with van der Waals surface area (Å²) in [7, 11) is 0. The predicted molar refractivity (Wildman–Crippen MR) is 112 cm³/mol. The Morgan fingerprint density at radius 3 is 2.80 bits per heavy atom. The van der Waals surface area contributed by atoms with Crippen LogP contribution in [-0.4, -0.2) is 28.8 Å². The van der Waals surface area contributed by atoms with Gasteiger partial charge in [-0.1, -0.05) is 43.3 Å². The Bertz CT molecular complexity index is 992. The second-order valence-electron chi connectivity index (χ2n) is 8.98. The molecule has 0 radical (unpaired) electrons. The highest BCUT2D eigenvalue weighted by Crippen LogP contribution is 2.60. The van der Waals surface area contributed by atoms with Crippen molar-refractivity contribution >= 4 is 5.91 Å². The van der Waals surface area contributed by atoms with Gasteiger partial charge in [0.05, 0.1) is 5.54 Å². The zero-order valence-corrected chi connectivity index (χ0v) is 17.1. The van der Waals surface area contributed by atoms with Crippen molar-refractivity contribution in [2.45, 2.75) is 38.3 Å². The van der Waals surface area contributed by atoms with Crippen LogP contribution in [0.2, 0.25) is 0 Å². The van der Waals surface area contributed by atoms with Crippen molar-refractivity contribution < 1.29 is 14.5 Å². The average molecular weight is 406 g/mol. The molecule has 156 valence electrons. The first-order valence-electron chi connectivity index (χ1n) is 10.7. The maximum atomic E-state index is 12.8. The Labute approximate surface area is 176 Å². The van der Waals surface area contributed by atoms with Crippen LogP contribution in [0.1, 0.15) is 36.5 Å². The summed E-state index contributed by atoms with van der Waals surface area (Å²) >= 11 is 0. The van der Waals surface area contributed by atoms with Gasteiger partial charge in [0.25, 0.3) is 0 Å². The first-order valence-corrected chi connectivity index (χ1v) is 10.7.